The Hall–Kier alpha value is -0.260. The summed E-state index contributed by atoms with van der Waals surface area (Å²) >= 11 is 0. The first-order chi connectivity index (χ1) is 7.83. The second kappa shape index (κ2) is 24.1. The Morgan fingerprint density at radius 2 is 1.94 bits per heavy atom. The van der Waals surface area contributed by atoms with Crippen LogP contribution >= 0.6 is 0 Å². The maximum Gasteiger partial charge on any atom is 0.0865 e. The van der Waals surface area contributed by atoms with E-state index in [0.717, 1.165) is 25.5 Å². The van der Waals surface area contributed by atoms with Gasteiger partial charge in [0.25, 0.3) is 0 Å². The van der Waals surface area contributed by atoms with Crippen LogP contribution < -0.4 is 0 Å². The van der Waals surface area contributed by atoms with Gasteiger partial charge in [-0.05, 0) is 7.76 Å². The number of allylic oxidation sites excluding steroid dienone is 4. The molecular formula is C12H23B4. The second-order valence-electron chi connectivity index (χ2n) is 3.26. The third-order valence-electron chi connectivity index (χ3n) is 1.67. The first-order valence-corrected chi connectivity index (χ1v) is 5.88. The van der Waals surface area contributed by atoms with E-state index in [1.54, 1.807) is 7.17 Å². The van der Waals surface area contributed by atoms with Crippen LogP contribution in [0.1, 0.15) is 39.5 Å². The maximum atomic E-state index is 6.58. The summed E-state index contributed by atoms with van der Waals surface area (Å²) in [6, 6.07) is 0. The minimum atomic E-state index is 0. The molecular weight excluding hydrogens is 187 g/mol. The van der Waals surface area contributed by atoms with Crippen molar-refractivity contribution in [3.63, 3.8) is 0 Å². The molecule has 7 radical (unpaired) electrons. The summed E-state index contributed by atoms with van der Waals surface area (Å²) in [5.74, 6) is 0. The summed E-state index contributed by atoms with van der Waals surface area (Å²) in [5, 5.41) is 0. The van der Waals surface area contributed by atoms with Gasteiger partial charge < -0.3 is 0 Å². The lowest BCUT2D eigenvalue weighted by Gasteiger charge is -1.79. The Morgan fingerprint density at radius 3 is 2.06 bits per heavy atom. The summed E-state index contributed by atoms with van der Waals surface area (Å²) in [6.45, 7) is 4.23. The van der Waals surface area contributed by atoms with E-state index in [0.29, 0.717) is 0 Å². The Morgan fingerprint density at radius 1 is 1.31 bits per heavy atom. The van der Waals surface area contributed by atoms with Crippen molar-refractivity contribution >= 4 is 31.1 Å². The van der Waals surface area contributed by atoms with E-state index in [1.807, 2.05) is 0 Å². The highest BCUT2D eigenvalue weighted by Crippen LogP contribution is 1.93. The molecule has 83 valence electrons. The summed E-state index contributed by atoms with van der Waals surface area (Å²) in [4.78, 5) is 0. The number of rotatable bonds is 5. The van der Waals surface area contributed by atoms with Gasteiger partial charge in [0.05, 0.1) is 15.0 Å². The zero-order valence-electron chi connectivity index (χ0n) is 11.9. The molecule has 0 N–H and O–H groups in total. The third-order valence-corrected chi connectivity index (χ3v) is 1.67. The van der Waals surface area contributed by atoms with Gasteiger partial charge in [0, 0.05) is 16.2 Å². The van der Waals surface area contributed by atoms with Crippen molar-refractivity contribution in [2.75, 3.05) is 0 Å². The molecule has 4 heteroatoms. The van der Waals surface area contributed by atoms with Crippen LogP contribution in [0.3, 0.4) is 0 Å². The first-order valence-electron chi connectivity index (χ1n) is 6.46. The van der Waals surface area contributed by atoms with E-state index in [1.165, 1.54) is 20.7 Å². The predicted octanol–water partition coefficient (Wildman–Crippen LogP) is 2.83. The molecule has 0 amide bonds. The smallest absolute Gasteiger partial charge is 0.0865 e. The number of hydrogen-bond acceptors (Lipinski definition) is 0. The zero-order valence-corrected chi connectivity index (χ0v) is 10.9. The average Bonchev–Trinajstić information content (AvgIpc) is 2.87. The molecule has 0 heterocycles. The molecule has 16 heavy (non-hydrogen) atoms. The van der Waals surface area contributed by atoms with Gasteiger partial charge in [0.1, 0.15) is 0 Å². The first kappa shape index (κ1) is 18.1. The monoisotopic (exact) mass is 212 g/mol. The minimum absolute atomic E-state index is 0. The quantitative estimate of drug-likeness (QED) is 0.485. The molecule has 0 atom stereocenters. The fourth-order valence-electron chi connectivity index (χ4n) is 0.764. The van der Waals surface area contributed by atoms with Crippen LogP contribution in [0.5, 0.6) is 0 Å². The lowest BCUT2D eigenvalue weighted by molar-refractivity contribution is 0.884. The van der Waals surface area contributed by atoms with E-state index >= 15 is 0 Å². The van der Waals surface area contributed by atoms with Crippen molar-refractivity contribution in [3.8, 4) is 0 Å². The molecule has 1 rings (SSSR count). The van der Waals surface area contributed by atoms with Gasteiger partial charge in [-0.25, -0.2) is 0 Å². The van der Waals surface area contributed by atoms with E-state index in [2.05, 4.69) is 38.2 Å². The van der Waals surface area contributed by atoms with Gasteiger partial charge in [-0.15, -0.1) is 0 Å². The summed E-state index contributed by atoms with van der Waals surface area (Å²) in [7, 11) is 8.16. The van der Waals surface area contributed by atoms with Crippen molar-refractivity contribution in [3.05, 3.63) is 24.3 Å². The van der Waals surface area contributed by atoms with Crippen molar-refractivity contribution in [1.29, 1.82) is 1.34 Å². The Balaban J connectivity index is -0.000000169. The minimum Gasteiger partial charge on any atom is -0.0898 e. The third kappa shape index (κ3) is 29.2. The molecule has 0 fully saturated rings. The van der Waals surface area contributed by atoms with Gasteiger partial charge in [0.15, 0.2) is 0 Å². The molecule has 0 bridgehead atoms. The molecule has 0 saturated carbocycles. The molecule has 0 aromatic heterocycles. The molecule has 0 saturated heterocycles. The van der Waals surface area contributed by atoms with Crippen molar-refractivity contribution in [2.45, 2.75) is 52.2 Å². The van der Waals surface area contributed by atoms with Crippen LogP contribution in [0.25, 0.3) is 0 Å². The van der Waals surface area contributed by atoms with E-state index in [9.17, 15) is 0 Å². The fraction of sp³-hybridized carbons (Fsp3) is 0.667. The topological polar surface area (TPSA) is 0 Å². The second-order valence-corrected chi connectivity index (χ2v) is 3.26. The molecule has 1 aliphatic carbocycles. The van der Waals surface area contributed by atoms with Crippen LogP contribution in [0, 0.1) is 0 Å². The summed E-state index contributed by atoms with van der Waals surface area (Å²) < 4.78 is 6.58. The van der Waals surface area contributed by atoms with Crippen LogP contribution in [0.2, 0.25) is 12.6 Å². The number of hydrogen-bond donors (Lipinski definition) is 0. The van der Waals surface area contributed by atoms with Crippen molar-refractivity contribution < 1.29 is 0 Å². The van der Waals surface area contributed by atoms with E-state index in [4.69, 9.17) is 9.07 Å². The largest absolute Gasteiger partial charge is 0.0898 e. The lowest BCUT2D eigenvalue weighted by Crippen LogP contribution is -1.82. The molecule has 0 aromatic carbocycles. The van der Waals surface area contributed by atoms with Crippen molar-refractivity contribution in [2.24, 2.45) is 0 Å². The summed E-state index contributed by atoms with van der Waals surface area (Å²) in [5.41, 5.74) is 0. The van der Waals surface area contributed by atoms with E-state index < -0.39 is 0 Å². The summed E-state index contributed by atoms with van der Waals surface area (Å²) in [6.07, 6.45) is 15.0. The SMILES string of the molecule is C1=CCC=C1.[2H][B]CCCC.[B].[B][B]CCC. The van der Waals surface area contributed by atoms with Crippen LogP contribution in [0.15, 0.2) is 24.3 Å². The molecule has 1 aliphatic rings. The molecule has 0 nitrogen and oxygen atoms in total. The van der Waals surface area contributed by atoms with Gasteiger partial charge in [-0.1, -0.05) is 70.1 Å². The molecule has 0 unspecified atom stereocenters. The highest BCUT2D eigenvalue weighted by atomic mass is 13.8. The Bertz CT molecular complexity index is 145. The van der Waals surface area contributed by atoms with Crippen LogP contribution in [-0.2, 0) is 0 Å². The van der Waals surface area contributed by atoms with Gasteiger partial charge in [-0.2, -0.15) is 0 Å². The standard InChI is InChI=1S/C5H6.C4H10B.C3H7B2.B/c1-2-4-5-3-1;1-2-3-4-5;1-2-3-5-4;/h1-4H,5H2;5H,2-4H2,1H3;2-3H2,1H3;/i;5D;;. The average molecular weight is 212 g/mol. The van der Waals surface area contributed by atoms with E-state index in [-0.39, 0.29) is 8.41 Å². The lowest BCUT2D eigenvalue weighted by atomic mass is 9.53. The number of unbranched alkanes of at least 4 members (excludes halogenated alkanes) is 1. The highest BCUT2D eigenvalue weighted by molar-refractivity contribution is 6.89. The van der Waals surface area contributed by atoms with Crippen LogP contribution in [-0.4, -0.2) is 32.5 Å². The van der Waals surface area contributed by atoms with Crippen molar-refractivity contribution in [1.82, 2.24) is 0 Å². The van der Waals surface area contributed by atoms with Gasteiger partial charge in [0.2, 0.25) is 0 Å². The fourth-order valence-corrected chi connectivity index (χ4v) is 0.764. The molecule has 0 aromatic rings. The van der Waals surface area contributed by atoms with Crippen LogP contribution in [0.4, 0.5) is 0 Å². The normalized spacial score (nSPS) is 11.0. The Kier molecular flexibility index (Phi) is 27.3. The molecule has 0 spiro atoms. The maximum absolute atomic E-state index is 6.58. The van der Waals surface area contributed by atoms with Gasteiger partial charge >= 0.3 is 0 Å². The zero-order chi connectivity index (χ0) is 12.5. The molecule has 0 aliphatic heterocycles. The highest BCUT2D eigenvalue weighted by Gasteiger charge is 1.72. The predicted molar refractivity (Wildman–Crippen MR) is 82.1 cm³/mol. The van der Waals surface area contributed by atoms with Gasteiger partial charge in [-0.3, -0.25) is 0 Å². The Labute approximate surface area is 109 Å².